The molecule has 0 radical (unpaired) electrons. The van der Waals surface area contributed by atoms with E-state index in [0.717, 1.165) is 6.20 Å². The van der Waals surface area contributed by atoms with Gasteiger partial charge in [0, 0.05) is 43.1 Å². The summed E-state index contributed by atoms with van der Waals surface area (Å²) in [7, 11) is 0. The van der Waals surface area contributed by atoms with E-state index in [2.05, 4.69) is 58.2 Å². The summed E-state index contributed by atoms with van der Waals surface area (Å²) < 4.78 is 0. The molecular weight excluding hydrogens is 895 g/mol. The molecule has 63 heavy (non-hydrogen) atoms. The second-order valence-corrected chi connectivity index (χ2v) is 15.7. The molecule has 0 spiro atoms. The molecule has 28 heteroatoms. The number of amides is 8. The molecule has 8 amide bonds. The number of aliphatic hydroxyl groups is 2. The number of guanidine groups is 1. The van der Waals surface area contributed by atoms with E-state index in [9.17, 15) is 53.7 Å². The van der Waals surface area contributed by atoms with E-state index in [4.69, 9.17) is 40.4 Å². The summed E-state index contributed by atoms with van der Waals surface area (Å²) in [5.41, 5.74) is 17.1. The van der Waals surface area contributed by atoms with E-state index in [1.54, 1.807) is 6.26 Å². The Morgan fingerprint density at radius 2 is 1.67 bits per heavy atom. The van der Waals surface area contributed by atoms with Gasteiger partial charge < -0.3 is 80.4 Å². The van der Waals surface area contributed by atoms with Crippen LogP contribution in [-0.2, 0) is 33.6 Å². The van der Waals surface area contributed by atoms with Crippen molar-refractivity contribution in [3.8, 4) is 0 Å². The molecule has 1 fully saturated rings. The quantitative estimate of drug-likeness (QED) is 0.0690. The predicted octanol–water partition coefficient (Wildman–Crippen LogP) is -5.01. The van der Waals surface area contributed by atoms with Crippen LogP contribution in [0, 0.1) is 0 Å². The zero-order chi connectivity index (χ0) is 46.8. The molecule has 348 valence electrons. The number of aliphatic imine (C=N–C) groups is 1. The van der Waals surface area contributed by atoms with Crippen LogP contribution < -0.4 is 70.4 Å². The van der Waals surface area contributed by atoms with E-state index in [1.165, 1.54) is 30.0 Å². The minimum atomic E-state index is -1.85. The van der Waals surface area contributed by atoms with E-state index in [-0.39, 0.29) is 40.3 Å². The van der Waals surface area contributed by atoms with Crippen LogP contribution in [0.1, 0.15) is 25.7 Å². The van der Waals surface area contributed by atoms with Gasteiger partial charge in [-0.25, -0.2) is 9.79 Å². The van der Waals surface area contributed by atoms with Gasteiger partial charge in [-0.1, -0.05) is 23.2 Å². The van der Waals surface area contributed by atoms with Crippen molar-refractivity contribution in [2.75, 3.05) is 43.6 Å². The van der Waals surface area contributed by atoms with Crippen molar-refractivity contribution >= 4 is 94.1 Å². The molecule has 0 aromatic heterocycles. The number of rotatable bonds is 16. The van der Waals surface area contributed by atoms with Crippen LogP contribution in [0.25, 0.3) is 0 Å². The van der Waals surface area contributed by atoms with Gasteiger partial charge in [0.2, 0.25) is 29.5 Å². The molecule has 1 aromatic carbocycles. The number of carbonyl (C=O) groups is 8. The summed E-state index contributed by atoms with van der Waals surface area (Å²) >= 11 is 13.2. The number of halogens is 2. The Morgan fingerprint density at radius 3 is 2.30 bits per heavy atom. The van der Waals surface area contributed by atoms with Crippen molar-refractivity contribution in [3.05, 3.63) is 40.1 Å². The fraction of sp³-hybridized carbons (Fsp3) is 0.514. The van der Waals surface area contributed by atoms with E-state index >= 15 is 0 Å². The first-order chi connectivity index (χ1) is 29.9. The maximum absolute atomic E-state index is 14.2. The van der Waals surface area contributed by atoms with Crippen molar-refractivity contribution in [2.45, 2.75) is 74.1 Å². The normalized spacial score (nSPS) is 24.2. The van der Waals surface area contributed by atoms with Gasteiger partial charge in [-0.05, 0) is 43.8 Å². The van der Waals surface area contributed by atoms with Crippen LogP contribution in [0.5, 0.6) is 0 Å². The highest BCUT2D eigenvalue weighted by atomic mass is 35.5. The number of hydrogen-bond acceptors (Lipinski definition) is 17. The topological polar surface area (TPSA) is 408 Å². The number of nitrogens with one attached hydrogen (secondary N) is 10. The van der Waals surface area contributed by atoms with E-state index in [0.29, 0.717) is 19.4 Å². The van der Waals surface area contributed by atoms with Gasteiger partial charge in [0.15, 0.2) is 5.96 Å². The molecule has 1 aromatic rings. The number of thioether (sulfide) groups is 1. The van der Waals surface area contributed by atoms with Crippen molar-refractivity contribution in [3.63, 3.8) is 0 Å². The number of aliphatic hydroxyl groups excluding tert-OH is 2. The number of carboxylic acids is 1. The molecule has 8 atom stereocenters. The smallest absolute Gasteiger partial charge is 0.323 e. The maximum Gasteiger partial charge on any atom is 0.323 e. The van der Waals surface area contributed by atoms with Gasteiger partial charge in [0.1, 0.15) is 42.1 Å². The molecule has 2 heterocycles. The van der Waals surface area contributed by atoms with Gasteiger partial charge in [-0.2, -0.15) is 11.8 Å². The molecule has 1 saturated heterocycles. The van der Waals surface area contributed by atoms with Crippen molar-refractivity contribution < 1.29 is 53.7 Å². The second kappa shape index (κ2) is 25.6. The number of hydrogen-bond donors (Lipinski definition) is 16. The van der Waals surface area contributed by atoms with Crippen molar-refractivity contribution in [1.29, 1.82) is 0 Å². The summed E-state index contributed by atoms with van der Waals surface area (Å²) in [6.45, 7) is -2.53. The Balaban J connectivity index is 2.09. The summed E-state index contributed by atoms with van der Waals surface area (Å²) in [5.74, 6) is -7.94. The average Bonchev–Trinajstić information content (AvgIpc) is 3.23. The molecule has 25 nitrogen and oxygen atoms in total. The molecule has 19 N–H and O–H groups in total. The van der Waals surface area contributed by atoms with E-state index in [1.807, 2.05) is 0 Å². The number of urea groups is 1. The minimum absolute atomic E-state index is 0.0971. The lowest BCUT2D eigenvalue weighted by Crippen LogP contribution is -2.65. The highest BCUT2D eigenvalue weighted by molar-refractivity contribution is 7.98. The Bertz CT molecular complexity index is 1910. The molecule has 0 saturated carbocycles. The standard InChI is InChI=1S/C35H52Cl2N14O11S/c1-63-14-24(33(60)61)44-25-9-19(49-34(40)50-25)27-32(59)41-10-20(45-26(54)7-15(39)3-2-6-38)28(55)47-23(13-53)31(58)48-22(12-52)30(57)46-21(29(56)51-27)11-42-35(62)43-16-4-5-17(36)18(37)8-16/h4-5,8,11,15,19-20,22-25,27,44,52-53H,2-3,6-7,9-10,12-14,38-39H2,1H3,(H,41,59)(H,45,54)(H,46,57)(H,47,55)(H,48,58)(H,51,56)(H,60,61)(H3,40,49,50)(H2,42,43,62)/b21-11-/t15-,19?,20?,22+,23+,24+,25?,27+/m0/s1. The summed E-state index contributed by atoms with van der Waals surface area (Å²) in [4.78, 5) is 111. The van der Waals surface area contributed by atoms with Crippen molar-refractivity contribution in [2.24, 2.45) is 22.2 Å². The van der Waals surface area contributed by atoms with Crippen LogP contribution in [-0.4, -0.2) is 155 Å². The van der Waals surface area contributed by atoms with Gasteiger partial charge >= 0.3 is 12.0 Å². The SMILES string of the molecule is CSC[C@@H](NC1CC([C@H]2NC(=O)/C(=C/NC(=O)Nc3ccc(Cl)c(Cl)c3)NC(=O)[C@@H](CO)NC(=O)[C@@H](CO)NC(=O)C(NC(=O)C[C@@H](N)CCCN)CNC2=O)NC(N)=N1)C(=O)O. The van der Waals surface area contributed by atoms with Crippen LogP contribution in [0.2, 0.25) is 10.0 Å². The third kappa shape index (κ3) is 16.6. The fourth-order valence-corrected chi connectivity index (χ4v) is 6.78. The zero-order valence-corrected chi connectivity index (χ0v) is 36.1. The molecule has 0 bridgehead atoms. The number of anilines is 1. The van der Waals surface area contributed by atoms with Gasteiger partial charge in [-0.15, -0.1) is 0 Å². The lowest BCUT2D eigenvalue weighted by atomic mass is 9.99. The van der Waals surface area contributed by atoms with Gasteiger partial charge in [-0.3, -0.25) is 38.9 Å². The number of nitrogens with zero attached hydrogens (tertiary/aromatic N) is 1. The van der Waals surface area contributed by atoms with Crippen molar-refractivity contribution in [1.82, 2.24) is 47.9 Å². The molecule has 3 unspecified atom stereocenters. The first kappa shape index (κ1) is 51.9. The lowest BCUT2D eigenvalue weighted by Gasteiger charge is -2.35. The average molecular weight is 948 g/mol. The molecular formula is C35H52Cl2N14O11S. The van der Waals surface area contributed by atoms with Gasteiger partial charge in [0.25, 0.3) is 5.91 Å². The number of nitrogens with two attached hydrogens (primary N) is 3. The summed E-state index contributed by atoms with van der Waals surface area (Å²) in [6.07, 6.45) is 1.74. The highest BCUT2D eigenvalue weighted by Gasteiger charge is 2.38. The monoisotopic (exact) mass is 946 g/mol. The molecule has 3 rings (SSSR count). The second-order valence-electron chi connectivity index (χ2n) is 14.0. The molecule has 2 aliphatic heterocycles. The number of carboxylic acid groups (broad SMARTS) is 1. The van der Waals surface area contributed by atoms with Gasteiger partial charge in [0.05, 0.1) is 29.3 Å². The Kier molecular flexibility index (Phi) is 21.1. The van der Waals surface area contributed by atoms with Crippen LogP contribution in [0.4, 0.5) is 10.5 Å². The minimum Gasteiger partial charge on any atom is -0.480 e. The third-order valence-corrected chi connectivity index (χ3v) is 10.5. The predicted molar refractivity (Wildman–Crippen MR) is 231 cm³/mol. The molecule has 0 aliphatic carbocycles. The van der Waals surface area contributed by atoms with Crippen LogP contribution in [0.3, 0.4) is 0 Å². The Hall–Kier alpha value is -5.48. The fourth-order valence-electron chi connectivity index (χ4n) is 5.91. The lowest BCUT2D eigenvalue weighted by molar-refractivity contribution is -0.139. The van der Waals surface area contributed by atoms with Crippen LogP contribution >= 0.6 is 35.0 Å². The Morgan fingerprint density at radius 1 is 0.984 bits per heavy atom. The first-order valence-electron chi connectivity index (χ1n) is 19.2. The summed E-state index contributed by atoms with van der Waals surface area (Å²) in [6, 6.07) is -6.87. The first-order valence-corrected chi connectivity index (χ1v) is 21.3. The number of aliphatic carboxylic acids is 1. The van der Waals surface area contributed by atoms with E-state index < -0.39 is 121 Å². The Labute approximate surface area is 374 Å². The molecule has 2 aliphatic rings. The number of carbonyl (C=O) groups excluding carboxylic acids is 7. The maximum atomic E-state index is 14.2. The van der Waals surface area contributed by atoms with Crippen LogP contribution in [0.15, 0.2) is 35.1 Å². The summed E-state index contributed by atoms with van der Waals surface area (Å²) in [5, 5.41) is 54.4. The number of benzene rings is 1. The highest BCUT2D eigenvalue weighted by Crippen LogP contribution is 2.25. The third-order valence-electron chi connectivity index (χ3n) is 9.12. The zero-order valence-electron chi connectivity index (χ0n) is 33.7. The largest absolute Gasteiger partial charge is 0.480 e.